The molecule has 6 heteroatoms. The second-order valence-electron chi connectivity index (χ2n) is 6.25. The quantitative estimate of drug-likeness (QED) is 0.870. The van der Waals surface area contributed by atoms with Crippen LogP contribution in [0.2, 0.25) is 0 Å². The number of carboxylic acids is 1. The molecule has 5 nitrogen and oxygen atoms in total. The van der Waals surface area contributed by atoms with E-state index in [1.807, 2.05) is 18.2 Å². The first-order valence-electron chi connectivity index (χ1n) is 7.07. The Morgan fingerprint density at radius 3 is 2.38 bits per heavy atom. The number of para-hydroxylation sites is 1. The van der Waals surface area contributed by atoms with E-state index in [4.69, 9.17) is 0 Å². The van der Waals surface area contributed by atoms with Crippen molar-refractivity contribution in [3.05, 3.63) is 29.8 Å². The number of nitrogens with one attached hydrogen (secondary N) is 1. The maximum absolute atomic E-state index is 12.0. The van der Waals surface area contributed by atoms with Gasteiger partial charge in [0.15, 0.2) is 14.6 Å². The van der Waals surface area contributed by atoms with Gasteiger partial charge in [0.2, 0.25) is 0 Å². The summed E-state index contributed by atoms with van der Waals surface area (Å²) in [4.78, 5) is 11.6. The number of benzene rings is 1. The number of sulfone groups is 1. The molecule has 2 aliphatic rings. The van der Waals surface area contributed by atoms with Crippen LogP contribution in [0.5, 0.6) is 0 Å². The third kappa shape index (κ3) is 1.96. The summed E-state index contributed by atoms with van der Waals surface area (Å²) >= 11 is 0. The van der Waals surface area contributed by atoms with Gasteiger partial charge in [-0.15, -0.1) is 0 Å². The van der Waals surface area contributed by atoms with Crippen LogP contribution in [0, 0.1) is 0 Å². The summed E-state index contributed by atoms with van der Waals surface area (Å²) in [7, 11) is -3.63. The van der Waals surface area contributed by atoms with Gasteiger partial charge >= 0.3 is 5.97 Å². The normalized spacial score (nSPS) is 31.7. The van der Waals surface area contributed by atoms with Crippen LogP contribution in [0.3, 0.4) is 0 Å². The first-order chi connectivity index (χ1) is 9.81. The lowest BCUT2D eigenvalue weighted by Crippen LogP contribution is -2.52. The molecule has 0 bridgehead atoms. The van der Waals surface area contributed by atoms with Crippen LogP contribution >= 0.6 is 0 Å². The number of rotatable bonds is 2. The first-order valence-corrected chi connectivity index (χ1v) is 8.96. The number of carbonyl (C=O) groups is 1. The maximum Gasteiger partial charge on any atom is 0.325 e. The van der Waals surface area contributed by atoms with Gasteiger partial charge < -0.3 is 10.4 Å². The van der Waals surface area contributed by atoms with Crippen molar-refractivity contribution in [2.45, 2.75) is 35.8 Å². The van der Waals surface area contributed by atoms with Crippen molar-refractivity contribution < 1.29 is 18.3 Å². The van der Waals surface area contributed by atoms with Crippen molar-refractivity contribution in [1.82, 2.24) is 0 Å². The predicted molar refractivity (Wildman–Crippen MR) is 80.3 cm³/mol. The van der Waals surface area contributed by atoms with Crippen LogP contribution in [0.4, 0.5) is 5.69 Å². The Balaban J connectivity index is 1.94. The lowest BCUT2D eigenvalue weighted by Gasteiger charge is -2.41. The largest absolute Gasteiger partial charge is 0.480 e. The zero-order valence-electron chi connectivity index (χ0n) is 11.9. The van der Waals surface area contributed by atoms with Crippen molar-refractivity contribution in [3.63, 3.8) is 0 Å². The first kappa shape index (κ1) is 14.4. The molecule has 1 fully saturated rings. The molecule has 1 aliphatic heterocycles. The molecule has 21 heavy (non-hydrogen) atoms. The standard InChI is InChI=1S/C15H19NO4S/c1-21(19,20)15(13(17)18)8-6-14(7-9-15)10-16-12-5-3-2-4-11(12)14/h2-5,16H,6-10H2,1H3,(H,17,18). The van der Waals surface area contributed by atoms with Crippen LogP contribution in [0.25, 0.3) is 0 Å². The van der Waals surface area contributed by atoms with Gasteiger partial charge in [-0.3, -0.25) is 4.79 Å². The van der Waals surface area contributed by atoms with Crippen molar-refractivity contribution in [2.75, 3.05) is 18.1 Å². The van der Waals surface area contributed by atoms with Gasteiger partial charge in [0.25, 0.3) is 0 Å². The zero-order chi connectivity index (χ0) is 15.3. The minimum absolute atomic E-state index is 0.125. The highest BCUT2D eigenvalue weighted by Gasteiger charge is 2.55. The summed E-state index contributed by atoms with van der Waals surface area (Å²) in [5, 5.41) is 12.8. The van der Waals surface area contributed by atoms with E-state index in [2.05, 4.69) is 11.4 Å². The number of carboxylic acid groups (broad SMARTS) is 1. The Labute approximate surface area is 124 Å². The highest BCUT2D eigenvalue weighted by atomic mass is 32.2. The SMILES string of the molecule is CS(=O)(=O)C1(C(=O)O)CCC2(CC1)CNc1ccccc12. The van der Waals surface area contributed by atoms with Gasteiger partial charge in [-0.1, -0.05) is 18.2 Å². The highest BCUT2D eigenvalue weighted by Crippen LogP contribution is 2.50. The summed E-state index contributed by atoms with van der Waals surface area (Å²) in [6.45, 7) is 0.756. The van der Waals surface area contributed by atoms with Crippen LogP contribution in [0.1, 0.15) is 31.2 Å². The second-order valence-corrected chi connectivity index (χ2v) is 8.58. The fourth-order valence-corrected chi connectivity index (χ4v) is 5.04. The zero-order valence-corrected chi connectivity index (χ0v) is 12.7. The summed E-state index contributed by atoms with van der Waals surface area (Å²) < 4.78 is 22.4. The van der Waals surface area contributed by atoms with Gasteiger partial charge in [-0.2, -0.15) is 0 Å². The van der Waals surface area contributed by atoms with Gasteiger partial charge in [-0.25, -0.2) is 8.42 Å². The van der Waals surface area contributed by atoms with Crippen molar-refractivity contribution >= 4 is 21.5 Å². The molecule has 0 amide bonds. The van der Waals surface area contributed by atoms with Crippen molar-refractivity contribution in [1.29, 1.82) is 0 Å². The summed E-state index contributed by atoms with van der Waals surface area (Å²) in [6.07, 6.45) is 2.56. The van der Waals surface area contributed by atoms with Gasteiger partial charge in [-0.05, 0) is 37.3 Å². The molecule has 0 radical (unpaired) electrons. The molecule has 114 valence electrons. The van der Waals surface area contributed by atoms with Crippen LogP contribution in [-0.2, 0) is 20.0 Å². The van der Waals surface area contributed by atoms with E-state index >= 15 is 0 Å². The molecule has 0 atom stereocenters. The summed E-state index contributed by atoms with van der Waals surface area (Å²) in [5.74, 6) is -1.21. The molecule has 1 saturated carbocycles. The number of aliphatic carboxylic acids is 1. The fourth-order valence-electron chi connectivity index (χ4n) is 3.78. The fraction of sp³-hybridized carbons (Fsp3) is 0.533. The van der Waals surface area contributed by atoms with Crippen molar-refractivity contribution in [2.24, 2.45) is 0 Å². The Morgan fingerprint density at radius 1 is 1.19 bits per heavy atom. The Kier molecular flexibility index (Phi) is 3.06. The number of hydrogen-bond donors (Lipinski definition) is 2. The highest BCUT2D eigenvalue weighted by molar-refractivity contribution is 7.92. The van der Waals surface area contributed by atoms with Gasteiger partial charge in [0.1, 0.15) is 0 Å². The molecular formula is C15H19NO4S. The molecule has 1 aromatic carbocycles. The molecule has 1 spiro atoms. The molecule has 1 aliphatic carbocycles. The molecule has 0 saturated heterocycles. The van der Waals surface area contributed by atoms with E-state index in [0.717, 1.165) is 18.5 Å². The lowest BCUT2D eigenvalue weighted by atomic mass is 9.67. The third-order valence-corrected chi connectivity index (χ3v) is 7.23. The molecule has 3 rings (SSSR count). The number of anilines is 1. The van der Waals surface area contributed by atoms with E-state index < -0.39 is 20.6 Å². The minimum Gasteiger partial charge on any atom is -0.480 e. The Bertz CT molecular complexity index is 687. The predicted octanol–water partition coefficient (Wildman–Crippen LogP) is 1.79. The van der Waals surface area contributed by atoms with Gasteiger partial charge in [0.05, 0.1) is 0 Å². The molecule has 2 N–H and O–H groups in total. The van der Waals surface area contributed by atoms with E-state index in [0.29, 0.717) is 12.8 Å². The monoisotopic (exact) mass is 309 g/mol. The molecular weight excluding hydrogens is 290 g/mol. The summed E-state index contributed by atoms with van der Waals surface area (Å²) in [5.41, 5.74) is 2.15. The number of hydrogen-bond acceptors (Lipinski definition) is 4. The van der Waals surface area contributed by atoms with E-state index in [1.165, 1.54) is 5.56 Å². The smallest absolute Gasteiger partial charge is 0.325 e. The van der Waals surface area contributed by atoms with Gasteiger partial charge in [0, 0.05) is 23.9 Å². The lowest BCUT2D eigenvalue weighted by molar-refractivity contribution is -0.141. The van der Waals surface area contributed by atoms with Crippen LogP contribution in [0.15, 0.2) is 24.3 Å². The molecule has 1 heterocycles. The average molecular weight is 309 g/mol. The Morgan fingerprint density at radius 2 is 1.81 bits per heavy atom. The van der Waals surface area contributed by atoms with E-state index in [1.54, 1.807) is 0 Å². The molecule has 0 unspecified atom stereocenters. The average Bonchev–Trinajstić information content (AvgIpc) is 2.78. The third-order valence-electron chi connectivity index (χ3n) is 5.23. The van der Waals surface area contributed by atoms with Crippen molar-refractivity contribution in [3.8, 4) is 0 Å². The van der Waals surface area contributed by atoms with Crippen LogP contribution < -0.4 is 5.32 Å². The second kappa shape index (κ2) is 4.47. The minimum atomic E-state index is -3.63. The summed E-state index contributed by atoms with van der Waals surface area (Å²) in [6, 6.07) is 8.01. The number of fused-ring (bicyclic) bond motifs is 2. The Hall–Kier alpha value is -1.56. The topological polar surface area (TPSA) is 83.5 Å². The van der Waals surface area contributed by atoms with E-state index in [-0.39, 0.29) is 18.3 Å². The molecule has 0 aromatic heterocycles. The maximum atomic E-state index is 12.0. The van der Waals surface area contributed by atoms with Crippen LogP contribution in [-0.4, -0.2) is 37.0 Å². The molecule has 1 aromatic rings. The van der Waals surface area contributed by atoms with E-state index in [9.17, 15) is 18.3 Å².